The monoisotopic (exact) mass is 344 g/mol. The number of halogens is 2. The molecule has 0 aromatic heterocycles. The van der Waals surface area contributed by atoms with Crippen molar-refractivity contribution in [3.8, 4) is 0 Å². The van der Waals surface area contributed by atoms with Crippen LogP contribution < -0.4 is 0 Å². The molecule has 1 aromatic rings. The lowest BCUT2D eigenvalue weighted by Crippen LogP contribution is -1.87. The predicted octanol–water partition coefficient (Wildman–Crippen LogP) is 5.89. The van der Waals surface area contributed by atoms with Gasteiger partial charge in [-0.1, -0.05) is 56.8 Å². The third-order valence-corrected chi connectivity index (χ3v) is 3.85. The molecule has 88 valence electrons. The van der Waals surface area contributed by atoms with Gasteiger partial charge in [-0.15, -0.1) is 6.58 Å². The Bertz CT molecular complexity index is 332. The highest BCUT2D eigenvalue weighted by Gasteiger charge is 2.00. The average Bonchev–Trinajstić information content (AvgIpc) is 2.26. The number of hydrogen-bond acceptors (Lipinski definition) is 0. The van der Waals surface area contributed by atoms with Crippen molar-refractivity contribution in [1.29, 1.82) is 0 Å². The van der Waals surface area contributed by atoms with E-state index in [4.69, 9.17) is 0 Å². The predicted molar refractivity (Wildman–Crippen MR) is 78.8 cm³/mol. The molecule has 0 atom stereocenters. The Morgan fingerprint density at radius 2 is 1.81 bits per heavy atom. The van der Waals surface area contributed by atoms with E-state index in [0.29, 0.717) is 0 Å². The first-order valence-electron chi connectivity index (χ1n) is 5.79. The Labute approximate surface area is 115 Å². The van der Waals surface area contributed by atoms with E-state index in [2.05, 4.69) is 56.6 Å². The maximum absolute atomic E-state index is 3.74. The molecular weight excluding hydrogens is 328 g/mol. The normalized spacial score (nSPS) is 10.4. The Kier molecular flexibility index (Phi) is 7.06. The molecule has 0 saturated heterocycles. The lowest BCUT2D eigenvalue weighted by Gasteiger charge is -2.05. The molecule has 1 rings (SSSR count). The topological polar surface area (TPSA) is 0 Å². The third kappa shape index (κ3) is 5.31. The molecule has 0 fully saturated rings. The highest BCUT2D eigenvalue weighted by Crippen LogP contribution is 2.23. The van der Waals surface area contributed by atoms with E-state index in [1.165, 1.54) is 42.1 Å². The second kappa shape index (κ2) is 8.08. The van der Waals surface area contributed by atoms with Gasteiger partial charge in [0.25, 0.3) is 0 Å². The van der Waals surface area contributed by atoms with Crippen molar-refractivity contribution in [3.05, 3.63) is 45.4 Å². The van der Waals surface area contributed by atoms with Crippen molar-refractivity contribution in [1.82, 2.24) is 0 Å². The second-order valence-corrected chi connectivity index (χ2v) is 5.75. The minimum absolute atomic E-state index is 1.13. The summed E-state index contributed by atoms with van der Waals surface area (Å²) >= 11 is 7.07. The van der Waals surface area contributed by atoms with Gasteiger partial charge in [0.05, 0.1) is 0 Å². The molecule has 0 unspecified atom stereocenters. The molecule has 0 amide bonds. The zero-order valence-corrected chi connectivity index (χ0v) is 12.7. The molecule has 2 heteroatoms. The average molecular weight is 346 g/mol. The highest BCUT2D eigenvalue weighted by molar-refractivity contribution is 9.11. The number of rotatable bonds is 7. The maximum Gasteiger partial charge on any atom is 0.0218 e. The largest absolute Gasteiger partial charge is 0.103 e. The summed E-state index contributed by atoms with van der Waals surface area (Å²) in [7, 11) is 0. The number of allylic oxidation sites excluding steroid dienone is 1. The van der Waals surface area contributed by atoms with Gasteiger partial charge in [-0.3, -0.25) is 0 Å². The minimum atomic E-state index is 1.13. The van der Waals surface area contributed by atoms with Crippen LogP contribution in [0.25, 0.3) is 0 Å². The molecule has 0 bridgehead atoms. The Balaban J connectivity index is 2.24. The molecule has 0 aliphatic rings. The first-order chi connectivity index (χ1) is 7.74. The van der Waals surface area contributed by atoms with Crippen LogP contribution in [-0.2, 0) is 6.42 Å². The van der Waals surface area contributed by atoms with E-state index in [-0.39, 0.29) is 0 Å². The van der Waals surface area contributed by atoms with Crippen LogP contribution in [0.2, 0.25) is 0 Å². The zero-order valence-electron chi connectivity index (χ0n) is 9.52. The van der Waals surface area contributed by atoms with E-state index in [0.717, 1.165) is 10.9 Å². The first-order valence-corrected chi connectivity index (χ1v) is 7.37. The van der Waals surface area contributed by atoms with Crippen molar-refractivity contribution in [2.75, 3.05) is 0 Å². The summed E-state index contributed by atoms with van der Waals surface area (Å²) in [5.41, 5.74) is 1.41. The molecular formula is C14H18Br2. The molecule has 16 heavy (non-hydrogen) atoms. The van der Waals surface area contributed by atoms with Crippen molar-refractivity contribution in [2.24, 2.45) is 0 Å². The van der Waals surface area contributed by atoms with E-state index in [1.54, 1.807) is 0 Å². The van der Waals surface area contributed by atoms with Crippen LogP contribution in [0.3, 0.4) is 0 Å². The summed E-state index contributed by atoms with van der Waals surface area (Å²) in [6.45, 7) is 3.74. The molecule has 0 saturated carbocycles. The van der Waals surface area contributed by atoms with Crippen LogP contribution in [0, 0.1) is 0 Å². The molecule has 1 aromatic carbocycles. The standard InChI is InChI=1S/C14H18Br2/c1-2-3-4-5-6-7-8-12-9-10-13(15)11-14(12)16/h2,9-11H,1,3-8H2. The lowest BCUT2D eigenvalue weighted by molar-refractivity contribution is 0.646. The summed E-state index contributed by atoms with van der Waals surface area (Å²) in [5, 5.41) is 0. The Morgan fingerprint density at radius 1 is 1.06 bits per heavy atom. The van der Waals surface area contributed by atoms with Gasteiger partial charge in [0.1, 0.15) is 0 Å². The fourth-order valence-corrected chi connectivity index (χ4v) is 2.93. The molecule has 0 nitrogen and oxygen atoms in total. The Morgan fingerprint density at radius 3 is 2.50 bits per heavy atom. The molecule has 0 spiro atoms. The third-order valence-electron chi connectivity index (χ3n) is 2.62. The summed E-state index contributed by atoms with van der Waals surface area (Å²) in [5.74, 6) is 0. The number of aryl methyl sites for hydroxylation is 1. The van der Waals surface area contributed by atoms with E-state index < -0.39 is 0 Å². The van der Waals surface area contributed by atoms with Gasteiger partial charge < -0.3 is 0 Å². The Hall–Kier alpha value is -0.0800. The SMILES string of the molecule is C=CCCCCCCc1ccc(Br)cc1Br. The summed E-state index contributed by atoms with van der Waals surface area (Å²) in [6.07, 6.45) is 9.52. The lowest BCUT2D eigenvalue weighted by atomic mass is 10.1. The highest BCUT2D eigenvalue weighted by atomic mass is 79.9. The summed E-state index contributed by atoms with van der Waals surface area (Å²) in [6, 6.07) is 6.42. The van der Waals surface area contributed by atoms with Crippen LogP contribution in [0.15, 0.2) is 39.8 Å². The van der Waals surface area contributed by atoms with Crippen molar-refractivity contribution >= 4 is 31.9 Å². The van der Waals surface area contributed by atoms with Crippen LogP contribution in [0.5, 0.6) is 0 Å². The van der Waals surface area contributed by atoms with Gasteiger partial charge in [0.2, 0.25) is 0 Å². The van der Waals surface area contributed by atoms with Gasteiger partial charge in [0, 0.05) is 8.95 Å². The summed E-state index contributed by atoms with van der Waals surface area (Å²) in [4.78, 5) is 0. The fraction of sp³-hybridized carbons (Fsp3) is 0.429. The number of benzene rings is 1. The fourth-order valence-electron chi connectivity index (χ4n) is 1.68. The molecule has 0 N–H and O–H groups in total. The molecule has 0 radical (unpaired) electrons. The van der Waals surface area contributed by atoms with E-state index in [1.807, 2.05) is 6.08 Å². The van der Waals surface area contributed by atoms with Gasteiger partial charge in [-0.05, 0) is 43.4 Å². The quantitative estimate of drug-likeness (QED) is 0.427. The van der Waals surface area contributed by atoms with Crippen molar-refractivity contribution in [2.45, 2.75) is 38.5 Å². The van der Waals surface area contributed by atoms with Gasteiger partial charge in [-0.25, -0.2) is 0 Å². The zero-order chi connectivity index (χ0) is 11.8. The second-order valence-electron chi connectivity index (χ2n) is 3.98. The minimum Gasteiger partial charge on any atom is -0.103 e. The van der Waals surface area contributed by atoms with Crippen molar-refractivity contribution in [3.63, 3.8) is 0 Å². The molecule has 0 aliphatic heterocycles. The van der Waals surface area contributed by atoms with Crippen molar-refractivity contribution < 1.29 is 0 Å². The van der Waals surface area contributed by atoms with E-state index in [9.17, 15) is 0 Å². The van der Waals surface area contributed by atoms with Crippen LogP contribution in [0.1, 0.15) is 37.7 Å². The van der Waals surface area contributed by atoms with E-state index >= 15 is 0 Å². The molecule has 0 heterocycles. The van der Waals surface area contributed by atoms with Crippen LogP contribution in [-0.4, -0.2) is 0 Å². The van der Waals surface area contributed by atoms with Gasteiger partial charge >= 0.3 is 0 Å². The van der Waals surface area contributed by atoms with Crippen LogP contribution in [0.4, 0.5) is 0 Å². The smallest absolute Gasteiger partial charge is 0.0218 e. The number of unbranched alkanes of at least 4 members (excludes halogenated alkanes) is 4. The maximum atomic E-state index is 3.74. The van der Waals surface area contributed by atoms with Gasteiger partial charge in [-0.2, -0.15) is 0 Å². The van der Waals surface area contributed by atoms with Gasteiger partial charge in [0.15, 0.2) is 0 Å². The summed E-state index contributed by atoms with van der Waals surface area (Å²) < 4.78 is 2.35. The van der Waals surface area contributed by atoms with Crippen LogP contribution >= 0.6 is 31.9 Å². The molecule has 0 aliphatic carbocycles. The first kappa shape index (κ1) is 14.0. The number of hydrogen-bond donors (Lipinski definition) is 0.